The third kappa shape index (κ3) is 3.24. The number of likely N-dealkylation sites (tertiary alicyclic amines) is 1. The van der Waals surface area contributed by atoms with Gasteiger partial charge in [0.15, 0.2) is 0 Å². The predicted octanol–water partition coefficient (Wildman–Crippen LogP) is 0.265. The number of sulfonamides is 1. The second-order valence-electron chi connectivity index (χ2n) is 6.08. The van der Waals surface area contributed by atoms with Gasteiger partial charge in [0.25, 0.3) is 5.91 Å². The first-order valence-electron chi connectivity index (χ1n) is 7.66. The van der Waals surface area contributed by atoms with Crippen molar-refractivity contribution in [1.82, 2.24) is 14.2 Å². The average molecular weight is 339 g/mol. The first kappa shape index (κ1) is 16.4. The SMILES string of the molecule is Cc1ccncc1C(=O)N1CC[C@@H]2OCCN(S(C)(=O)=O)[C@H]2C1. The largest absolute Gasteiger partial charge is 0.375 e. The number of hydrogen-bond acceptors (Lipinski definition) is 5. The van der Waals surface area contributed by atoms with Gasteiger partial charge in [-0.1, -0.05) is 0 Å². The van der Waals surface area contributed by atoms with E-state index in [0.29, 0.717) is 38.2 Å². The lowest BCUT2D eigenvalue weighted by atomic mass is 9.99. The molecule has 0 unspecified atom stereocenters. The van der Waals surface area contributed by atoms with Crippen molar-refractivity contribution in [3.8, 4) is 0 Å². The minimum atomic E-state index is -3.32. The molecule has 7 nitrogen and oxygen atoms in total. The van der Waals surface area contributed by atoms with Gasteiger partial charge < -0.3 is 9.64 Å². The van der Waals surface area contributed by atoms with E-state index in [-0.39, 0.29) is 18.1 Å². The van der Waals surface area contributed by atoms with E-state index in [4.69, 9.17) is 4.74 Å². The molecule has 0 radical (unpaired) electrons. The molecule has 8 heteroatoms. The summed E-state index contributed by atoms with van der Waals surface area (Å²) in [5, 5.41) is 0. The molecule has 0 saturated carbocycles. The lowest BCUT2D eigenvalue weighted by Crippen LogP contribution is -2.61. The van der Waals surface area contributed by atoms with Crippen LogP contribution in [0.4, 0.5) is 0 Å². The minimum Gasteiger partial charge on any atom is -0.375 e. The Labute approximate surface area is 136 Å². The quantitative estimate of drug-likeness (QED) is 0.772. The Kier molecular flexibility index (Phi) is 4.39. The summed E-state index contributed by atoms with van der Waals surface area (Å²) in [4.78, 5) is 18.5. The molecule has 1 aromatic rings. The van der Waals surface area contributed by atoms with Crippen molar-refractivity contribution in [3.63, 3.8) is 0 Å². The smallest absolute Gasteiger partial charge is 0.255 e. The van der Waals surface area contributed by atoms with Crippen LogP contribution >= 0.6 is 0 Å². The first-order valence-corrected chi connectivity index (χ1v) is 9.51. The number of carbonyl (C=O) groups excluding carboxylic acids is 1. The van der Waals surface area contributed by atoms with E-state index in [1.807, 2.05) is 6.92 Å². The van der Waals surface area contributed by atoms with Gasteiger partial charge >= 0.3 is 0 Å². The summed E-state index contributed by atoms with van der Waals surface area (Å²) in [6, 6.07) is 1.49. The number of hydrogen-bond donors (Lipinski definition) is 0. The fraction of sp³-hybridized carbons (Fsp3) is 0.600. The summed E-state index contributed by atoms with van der Waals surface area (Å²) in [7, 11) is -3.32. The third-order valence-corrected chi connectivity index (χ3v) is 5.82. The fourth-order valence-electron chi connectivity index (χ4n) is 3.30. The van der Waals surface area contributed by atoms with Crippen LogP contribution in [0.5, 0.6) is 0 Å². The molecule has 2 saturated heterocycles. The molecule has 3 heterocycles. The number of morpholine rings is 1. The molecule has 0 aliphatic carbocycles. The second-order valence-corrected chi connectivity index (χ2v) is 8.02. The number of piperidine rings is 1. The van der Waals surface area contributed by atoms with Gasteiger partial charge in [-0.25, -0.2) is 8.42 Å². The number of nitrogens with zero attached hydrogens (tertiary/aromatic N) is 3. The number of pyridine rings is 1. The van der Waals surface area contributed by atoms with Crippen molar-refractivity contribution in [2.24, 2.45) is 0 Å². The normalized spacial score (nSPS) is 25.9. The molecule has 0 spiro atoms. The number of ether oxygens (including phenoxy) is 1. The van der Waals surface area contributed by atoms with E-state index in [1.54, 1.807) is 23.4 Å². The average Bonchev–Trinajstić information content (AvgIpc) is 2.52. The van der Waals surface area contributed by atoms with Gasteiger partial charge in [-0.2, -0.15) is 4.31 Å². The lowest BCUT2D eigenvalue weighted by molar-refractivity contribution is -0.0704. The molecule has 0 aromatic carbocycles. The monoisotopic (exact) mass is 339 g/mol. The Morgan fingerprint density at radius 2 is 2.17 bits per heavy atom. The maximum atomic E-state index is 12.7. The van der Waals surface area contributed by atoms with Crippen LogP contribution in [0, 0.1) is 6.92 Å². The molecule has 126 valence electrons. The van der Waals surface area contributed by atoms with Crippen LogP contribution in [-0.4, -0.2) is 73.2 Å². The highest BCUT2D eigenvalue weighted by Gasteiger charge is 2.42. The molecule has 23 heavy (non-hydrogen) atoms. The third-order valence-electron chi connectivity index (χ3n) is 4.52. The van der Waals surface area contributed by atoms with Crippen molar-refractivity contribution in [2.45, 2.75) is 25.5 Å². The van der Waals surface area contributed by atoms with E-state index >= 15 is 0 Å². The maximum absolute atomic E-state index is 12.7. The Morgan fingerprint density at radius 3 is 2.87 bits per heavy atom. The standard InChI is InChI=1S/C15H21N3O4S/c1-11-3-5-16-9-12(11)15(19)17-6-4-14-13(10-17)18(7-8-22-14)23(2,20)21/h3,5,9,13-14H,4,6-8,10H2,1-2H3/t13-,14-/m0/s1. The van der Waals surface area contributed by atoms with Crippen LogP contribution in [0.1, 0.15) is 22.3 Å². The van der Waals surface area contributed by atoms with Crippen LogP contribution in [0.2, 0.25) is 0 Å². The lowest BCUT2D eigenvalue weighted by Gasteiger charge is -2.45. The van der Waals surface area contributed by atoms with E-state index in [0.717, 1.165) is 5.56 Å². The van der Waals surface area contributed by atoms with Gasteiger partial charge in [-0.3, -0.25) is 9.78 Å². The van der Waals surface area contributed by atoms with E-state index in [9.17, 15) is 13.2 Å². The van der Waals surface area contributed by atoms with Crippen LogP contribution in [0.15, 0.2) is 18.5 Å². The number of rotatable bonds is 2. The van der Waals surface area contributed by atoms with E-state index in [1.165, 1.54) is 10.6 Å². The summed E-state index contributed by atoms with van der Waals surface area (Å²) in [5.41, 5.74) is 1.43. The van der Waals surface area contributed by atoms with Crippen molar-refractivity contribution < 1.29 is 17.9 Å². The Bertz CT molecular complexity index is 706. The highest BCUT2D eigenvalue weighted by Crippen LogP contribution is 2.26. The zero-order valence-electron chi connectivity index (χ0n) is 13.3. The zero-order chi connectivity index (χ0) is 16.6. The highest BCUT2D eigenvalue weighted by atomic mass is 32.2. The number of amides is 1. The van der Waals surface area contributed by atoms with Gasteiger partial charge in [-0.05, 0) is 25.0 Å². The molecular weight excluding hydrogens is 318 g/mol. The predicted molar refractivity (Wildman–Crippen MR) is 84.6 cm³/mol. The van der Waals surface area contributed by atoms with Crippen molar-refractivity contribution >= 4 is 15.9 Å². The summed E-state index contributed by atoms with van der Waals surface area (Å²) in [6.45, 7) is 3.53. The Hall–Kier alpha value is -1.51. The number of aromatic nitrogens is 1. The molecule has 3 rings (SSSR count). The summed E-state index contributed by atoms with van der Waals surface area (Å²) in [5.74, 6) is -0.104. The molecule has 0 N–H and O–H groups in total. The zero-order valence-corrected chi connectivity index (χ0v) is 14.1. The number of fused-ring (bicyclic) bond motifs is 1. The van der Waals surface area contributed by atoms with Gasteiger partial charge in [0.1, 0.15) is 0 Å². The molecule has 0 bridgehead atoms. The summed E-state index contributed by atoms with van der Waals surface area (Å²) in [6.07, 6.45) is 4.93. The number of aryl methyl sites for hydroxylation is 1. The molecule has 2 fully saturated rings. The van der Waals surface area contributed by atoms with Crippen LogP contribution < -0.4 is 0 Å². The Balaban J connectivity index is 1.82. The van der Waals surface area contributed by atoms with Crippen LogP contribution in [0.25, 0.3) is 0 Å². The van der Waals surface area contributed by atoms with Crippen molar-refractivity contribution in [1.29, 1.82) is 0 Å². The first-order chi connectivity index (χ1) is 10.9. The Morgan fingerprint density at radius 1 is 1.39 bits per heavy atom. The van der Waals surface area contributed by atoms with Gasteiger partial charge in [0.05, 0.1) is 30.6 Å². The molecule has 1 amide bonds. The van der Waals surface area contributed by atoms with Gasteiger partial charge in [0, 0.05) is 32.0 Å². The minimum absolute atomic E-state index is 0.104. The van der Waals surface area contributed by atoms with Crippen LogP contribution in [-0.2, 0) is 14.8 Å². The van der Waals surface area contributed by atoms with Crippen molar-refractivity contribution in [2.75, 3.05) is 32.5 Å². The van der Waals surface area contributed by atoms with E-state index < -0.39 is 10.0 Å². The maximum Gasteiger partial charge on any atom is 0.255 e. The molecule has 2 atom stereocenters. The molecule has 2 aliphatic rings. The summed E-state index contributed by atoms with van der Waals surface area (Å²) < 4.78 is 31.2. The van der Waals surface area contributed by atoms with Crippen LogP contribution in [0.3, 0.4) is 0 Å². The topological polar surface area (TPSA) is 79.8 Å². The molecular formula is C15H21N3O4S. The molecule has 1 aromatic heterocycles. The van der Waals surface area contributed by atoms with Gasteiger partial charge in [-0.15, -0.1) is 0 Å². The number of carbonyl (C=O) groups is 1. The second kappa shape index (κ2) is 6.18. The van der Waals surface area contributed by atoms with E-state index in [2.05, 4.69) is 4.98 Å². The summed E-state index contributed by atoms with van der Waals surface area (Å²) >= 11 is 0. The molecule has 2 aliphatic heterocycles. The van der Waals surface area contributed by atoms with Crippen molar-refractivity contribution in [3.05, 3.63) is 29.6 Å². The van der Waals surface area contributed by atoms with Gasteiger partial charge in [0.2, 0.25) is 10.0 Å². The fourth-order valence-corrected chi connectivity index (χ4v) is 4.40. The highest BCUT2D eigenvalue weighted by molar-refractivity contribution is 7.88.